The quantitative estimate of drug-likeness (QED) is 0.676. The molecule has 0 unspecified atom stereocenters. The monoisotopic (exact) mass is 279 g/mol. The normalized spacial score (nSPS) is 10.6. The zero-order chi connectivity index (χ0) is 10.6. The standard InChI is InChI=1S/C9H11BrFNOS/c1-13-12-5-6-3-7(10)9(14-2)8(11)4-6/h3-4,12H,5H2,1-2H3. The number of hydrogen-bond acceptors (Lipinski definition) is 3. The molecule has 1 N–H and O–H groups in total. The van der Waals surface area contributed by atoms with Gasteiger partial charge in [0.2, 0.25) is 0 Å². The van der Waals surface area contributed by atoms with Crippen LogP contribution >= 0.6 is 27.7 Å². The van der Waals surface area contributed by atoms with E-state index in [0.29, 0.717) is 11.4 Å². The third-order valence-corrected chi connectivity index (χ3v) is 3.39. The van der Waals surface area contributed by atoms with Crippen molar-refractivity contribution in [1.82, 2.24) is 5.48 Å². The van der Waals surface area contributed by atoms with Crippen molar-refractivity contribution in [1.29, 1.82) is 0 Å². The minimum Gasteiger partial charge on any atom is -0.305 e. The van der Waals surface area contributed by atoms with E-state index < -0.39 is 0 Å². The van der Waals surface area contributed by atoms with Crippen molar-refractivity contribution in [2.75, 3.05) is 13.4 Å². The molecule has 0 aliphatic carbocycles. The summed E-state index contributed by atoms with van der Waals surface area (Å²) in [5.74, 6) is -0.209. The van der Waals surface area contributed by atoms with Gasteiger partial charge in [-0.1, -0.05) is 0 Å². The van der Waals surface area contributed by atoms with Gasteiger partial charge in [0.1, 0.15) is 5.82 Å². The van der Waals surface area contributed by atoms with Crippen molar-refractivity contribution in [2.45, 2.75) is 11.4 Å². The highest BCUT2D eigenvalue weighted by atomic mass is 79.9. The smallest absolute Gasteiger partial charge is 0.138 e. The molecule has 1 rings (SSSR count). The minimum atomic E-state index is -0.209. The largest absolute Gasteiger partial charge is 0.305 e. The predicted octanol–water partition coefficient (Wildman–Crippen LogP) is 2.96. The summed E-state index contributed by atoms with van der Waals surface area (Å²) in [7, 11) is 1.53. The summed E-state index contributed by atoms with van der Waals surface area (Å²) in [5.41, 5.74) is 3.50. The van der Waals surface area contributed by atoms with Gasteiger partial charge in [-0.3, -0.25) is 0 Å². The summed E-state index contributed by atoms with van der Waals surface area (Å²) in [6.07, 6.45) is 1.84. The average molecular weight is 280 g/mol. The fourth-order valence-corrected chi connectivity index (χ4v) is 2.54. The van der Waals surface area contributed by atoms with Crippen LogP contribution in [-0.2, 0) is 11.4 Å². The SMILES string of the molecule is CONCc1cc(F)c(SC)c(Br)c1. The summed E-state index contributed by atoms with van der Waals surface area (Å²) < 4.78 is 14.2. The number of hydrogen-bond donors (Lipinski definition) is 1. The molecule has 1 aromatic carbocycles. The molecule has 0 amide bonds. The van der Waals surface area contributed by atoms with Crippen molar-refractivity contribution in [3.63, 3.8) is 0 Å². The molecule has 0 spiro atoms. The first kappa shape index (κ1) is 12.0. The van der Waals surface area contributed by atoms with E-state index in [1.165, 1.54) is 24.9 Å². The van der Waals surface area contributed by atoms with Gasteiger partial charge in [0.05, 0.1) is 12.0 Å². The van der Waals surface area contributed by atoms with Crippen LogP contribution in [0.4, 0.5) is 4.39 Å². The van der Waals surface area contributed by atoms with Gasteiger partial charge in [0, 0.05) is 11.0 Å². The number of rotatable bonds is 4. The predicted molar refractivity (Wildman–Crippen MR) is 59.7 cm³/mol. The van der Waals surface area contributed by atoms with Crippen LogP contribution in [-0.4, -0.2) is 13.4 Å². The van der Waals surface area contributed by atoms with Gasteiger partial charge in [-0.05, 0) is 39.9 Å². The first-order chi connectivity index (χ1) is 6.69. The average Bonchev–Trinajstić information content (AvgIpc) is 2.14. The maximum Gasteiger partial charge on any atom is 0.138 e. The first-order valence-electron chi connectivity index (χ1n) is 3.96. The Morgan fingerprint density at radius 3 is 2.79 bits per heavy atom. The fraction of sp³-hybridized carbons (Fsp3) is 0.333. The van der Waals surface area contributed by atoms with E-state index in [1.807, 2.05) is 12.3 Å². The van der Waals surface area contributed by atoms with Gasteiger partial charge < -0.3 is 4.84 Å². The van der Waals surface area contributed by atoms with Gasteiger partial charge >= 0.3 is 0 Å². The third kappa shape index (κ3) is 2.95. The van der Waals surface area contributed by atoms with Crippen LogP contribution in [0.3, 0.4) is 0 Å². The lowest BCUT2D eigenvalue weighted by Crippen LogP contribution is -2.11. The van der Waals surface area contributed by atoms with E-state index in [2.05, 4.69) is 26.2 Å². The van der Waals surface area contributed by atoms with Crippen LogP contribution in [0.25, 0.3) is 0 Å². The highest BCUT2D eigenvalue weighted by Crippen LogP contribution is 2.29. The van der Waals surface area contributed by atoms with Crippen molar-refractivity contribution >= 4 is 27.7 Å². The molecule has 0 saturated carbocycles. The highest BCUT2D eigenvalue weighted by Gasteiger charge is 2.07. The molecule has 0 bridgehead atoms. The second-order valence-electron chi connectivity index (χ2n) is 2.62. The topological polar surface area (TPSA) is 21.3 Å². The Morgan fingerprint density at radius 1 is 1.57 bits per heavy atom. The number of nitrogens with one attached hydrogen (secondary N) is 1. The van der Waals surface area contributed by atoms with Crippen LogP contribution in [0.5, 0.6) is 0 Å². The Bertz CT molecular complexity index is 299. The van der Waals surface area contributed by atoms with Crippen LogP contribution in [0.2, 0.25) is 0 Å². The second kappa shape index (κ2) is 5.70. The third-order valence-electron chi connectivity index (χ3n) is 1.68. The highest BCUT2D eigenvalue weighted by molar-refractivity contribution is 9.10. The van der Waals surface area contributed by atoms with Crippen molar-refractivity contribution in [3.05, 3.63) is 28.0 Å². The fourth-order valence-electron chi connectivity index (χ4n) is 1.06. The van der Waals surface area contributed by atoms with Crippen molar-refractivity contribution < 1.29 is 9.23 Å². The zero-order valence-electron chi connectivity index (χ0n) is 7.93. The second-order valence-corrected chi connectivity index (χ2v) is 4.29. The van der Waals surface area contributed by atoms with E-state index in [-0.39, 0.29) is 5.82 Å². The van der Waals surface area contributed by atoms with E-state index in [9.17, 15) is 4.39 Å². The molecule has 0 atom stereocenters. The maximum absolute atomic E-state index is 13.4. The van der Waals surface area contributed by atoms with Crippen LogP contribution < -0.4 is 5.48 Å². The molecule has 2 nitrogen and oxygen atoms in total. The summed E-state index contributed by atoms with van der Waals surface area (Å²) in [6, 6.07) is 3.38. The van der Waals surface area contributed by atoms with Gasteiger partial charge in [-0.2, -0.15) is 5.48 Å². The van der Waals surface area contributed by atoms with Crippen molar-refractivity contribution in [2.24, 2.45) is 0 Å². The Hall–Kier alpha value is -0.100. The summed E-state index contributed by atoms with van der Waals surface area (Å²) >= 11 is 4.70. The van der Waals surface area contributed by atoms with Crippen LogP contribution in [0, 0.1) is 5.82 Å². The molecule has 1 aromatic rings. The number of thioether (sulfide) groups is 1. The molecular weight excluding hydrogens is 269 g/mol. The molecule has 5 heteroatoms. The lowest BCUT2D eigenvalue weighted by atomic mass is 10.2. The first-order valence-corrected chi connectivity index (χ1v) is 5.98. The number of benzene rings is 1. The Morgan fingerprint density at radius 2 is 2.29 bits per heavy atom. The van der Waals surface area contributed by atoms with E-state index in [0.717, 1.165) is 10.0 Å². The van der Waals surface area contributed by atoms with Crippen LogP contribution in [0.1, 0.15) is 5.56 Å². The molecule has 0 aliphatic rings. The zero-order valence-corrected chi connectivity index (χ0v) is 10.3. The molecule has 0 saturated heterocycles. The molecule has 0 radical (unpaired) electrons. The summed E-state index contributed by atoms with van der Waals surface area (Å²) in [4.78, 5) is 5.32. The molecule has 14 heavy (non-hydrogen) atoms. The van der Waals surface area contributed by atoms with E-state index in [1.54, 1.807) is 0 Å². The van der Waals surface area contributed by atoms with Crippen molar-refractivity contribution in [3.8, 4) is 0 Å². The van der Waals surface area contributed by atoms with Crippen LogP contribution in [0.15, 0.2) is 21.5 Å². The summed E-state index contributed by atoms with van der Waals surface area (Å²) in [6.45, 7) is 0.487. The van der Waals surface area contributed by atoms with Gasteiger partial charge in [0.25, 0.3) is 0 Å². The number of halogens is 2. The molecule has 0 fully saturated rings. The van der Waals surface area contributed by atoms with E-state index >= 15 is 0 Å². The van der Waals surface area contributed by atoms with Gasteiger partial charge in [0.15, 0.2) is 0 Å². The van der Waals surface area contributed by atoms with Gasteiger partial charge in [-0.15, -0.1) is 11.8 Å². The minimum absolute atomic E-state index is 0.209. The van der Waals surface area contributed by atoms with E-state index in [4.69, 9.17) is 0 Å². The number of hydroxylamine groups is 1. The van der Waals surface area contributed by atoms with Gasteiger partial charge in [-0.25, -0.2) is 4.39 Å². The lowest BCUT2D eigenvalue weighted by molar-refractivity contribution is 0.0866. The molecule has 0 aliphatic heterocycles. The summed E-state index contributed by atoms with van der Waals surface area (Å²) in [5, 5.41) is 0. The Labute approximate surface area is 95.3 Å². The molecule has 78 valence electrons. The molecular formula is C9H11BrFNOS. The molecule has 0 aromatic heterocycles. The molecule has 0 heterocycles. The Balaban J connectivity index is 2.90. The maximum atomic E-state index is 13.4. The Kier molecular flexibility index (Phi) is 4.88. The lowest BCUT2D eigenvalue weighted by Gasteiger charge is -2.07.